The third-order valence-corrected chi connectivity index (χ3v) is 2.43. The van der Waals surface area contributed by atoms with Crippen LogP contribution in [0.3, 0.4) is 0 Å². The van der Waals surface area contributed by atoms with E-state index in [4.69, 9.17) is 11.1 Å². The summed E-state index contributed by atoms with van der Waals surface area (Å²) in [6, 6.07) is 9.06. The Labute approximate surface area is 114 Å². The van der Waals surface area contributed by atoms with Gasteiger partial charge in [0.2, 0.25) is 11.9 Å². The molecule has 1 rings (SSSR count). The third kappa shape index (κ3) is 4.29. The topological polar surface area (TPSA) is 91.3 Å². The minimum Gasteiger partial charge on any atom is -0.383 e. The highest BCUT2D eigenvalue weighted by atomic mass is 79.9. The Morgan fingerprint density at radius 1 is 1.39 bits per heavy atom. The monoisotopic (exact) mass is 310 g/mol. The van der Waals surface area contributed by atoms with Gasteiger partial charge in [0.25, 0.3) is 0 Å². The fourth-order valence-electron chi connectivity index (χ4n) is 1.08. The molecule has 4 N–H and O–H groups in total. The van der Waals surface area contributed by atoms with Crippen LogP contribution in [0.25, 0.3) is 0 Å². The van der Waals surface area contributed by atoms with Crippen molar-refractivity contribution < 1.29 is 4.79 Å². The van der Waals surface area contributed by atoms with Crippen LogP contribution in [-0.4, -0.2) is 22.0 Å². The van der Waals surface area contributed by atoms with Gasteiger partial charge in [0.15, 0.2) is 0 Å². The van der Waals surface area contributed by atoms with Crippen molar-refractivity contribution in [1.29, 1.82) is 5.41 Å². The molecule has 6 heteroatoms. The molecule has 0 aliphatic carbocycles. The molecule has 0 spiro atoms. The molecule has 96 valence electrons. The number of amidine groups is 1. The van der Waals surface area contributed by atoms with E-state index in [1.54, 1.807) is 26.0 Å². The van der Waals surface area contributed by atoms with Gasteiger partial charge in [-0.3, -0.25) is 15.5 Å². The molecule has 18 heavy (non-hydrogen) atoms. The first-order valence-corrected chi connectivity index (χ1v) is 6.08. The second-order valence-electron chi connectivity index (χ2n) is 4.14. The molecule has 0 saturated carbocycles. The Balaban J connectivity index is 2.73. The molecule has 1 amide bonds. The summed E-state index contributed by atoms with van der Waals surface area (Å²) in [5, 5.41) is 9.91. The highest BCUT2D eigenvalue weighted by Gasteiger charge is 2.24. The standard InChI is InChI=1S/C12H15BrN4O/c1-12(2,13)10(18)17-11(15)16-9(14)8-6-4-3-5-7-8/h3-7H,1-2H3,(H4,14,15,16,17,18). The van der Waals surface area contributed by atoms with Crippen LogP contribution in [0.4, 0.5) is 0 Å². The average molecular weight is 311 g/mol. The second-order valence-corrected chi connectivity index (χ2v) is 6.12. The molecule has 1 aromatic carbocycles. The number of nitrogens with zero attached hydrogens (tertiary/aromatic N) is 1. The minimum atomic E-state index is -0.754. The zero-order valence-corrected chi connectivity index (χ0v) is 11.8. The molecule has 0 radical (unpaired) electrons. The van der Waals surface area contributed by atoms with Crippen molar-refractivity contribution in [2.75, 3.05) is 0 Å². The van der Waals surface area contributed by atoms with E-state index in [2.05, 4.69) is 26.2 Å². The maximum atomic E-state index is 11.6. The van der Waals surface area contributed by atoms with E-state index < -0.39 is 4.32 Å². The smallest absolute Gasteiger partial charge is 0.243 e. The minimum absolute atomic E-state index is 0.188. The van der Waals surface area contributed by atoms with Crippen molar-refractivity contribution in [2.45, 2.75) is 18.2 Å². The van der Waals surface area contributed by atoms with Crippen molar-refractivity contribution in [2.24, 2.45) is 10.7 Å². The summed E-state index contributed by atoms with van der Waals surface area (Å²) in [5.74, 6) is -0.445. The Morgan fingerprint density at radius 2 is 1.94 bits per heavy atom. The summed E-state index contributed by atoms with van der Waals surface area (Å²) >= 11 is 3.20. The van der Waals surface area contributed by atoms with E-state index in [1.807, 2.05) is 18.2 Å². The van der Waals surface area contributed by atoms with E-state index in [0.29, 0.717) is 5.56 Å². The number of amides is 1. The lowest BCUT2D eigenvalue weighted by atomic mass is 10.2. The fourth-order valence-corrected chi connectivity index (χ4v) is 1.18. The molecule has 0 heterocycles. The molecule has 0 unspecified atom stereocenters. The maximum absolute atomic E-state index is 11.6. The van der Waals surface area contributed by atoms with Gasteiger partial charge in [-0.25, -0.2) is 0 Å². The number of nitrogens with one attached hydrogen (secondary N) is 2. The van der Waals surface area contributed by atoms with Gasteiger partial charge < -0.3 is 5.73 Å². The van der Waals surface area contributed by atoms with Crippen molar-refractivity contribution in [3.63, 3.8) is 0 Å². The largest absolute Gasteiger partial charge is 0.383 e. The predicted octanol–water partition coefficient (Wildman–Crippen LogP) is 1.62. The van der Waals surface area contributed by atoms with E-state index in [1.165, 1.54) is 0 Å². The first-order valence-electron chi connectivity index (χ1n) is 5.29. The highest BCUT2D eigenvalue weighted by Crippen LogP contribution is 2.15. The van der Waals surface area contributed by atoms with Gasteiger partial charge in [-0.2, -0.15) is 4.99 Å². The van der Waals surface area contributed by atoms with E-state index in [9.17, 15) is 4.79 Å². The summed E-state index contributed by atoms with van der Waals surface area (Å²) in [6.45, 7) is 3.36. The zero-order valence-electron chi connectivity index (χ0n) is 10.2. The SMILES string of the molecule is CC(C)(Br)C(=O)NC(=N)/N=C(\N)c1ccccc1. The van der Waals surface area contributed by atoms with Gasteiger partial charge >= 0.3 is 0 Å². The number of carbonyl (C=O) groups excluding carboxylic acids is 1. The van der Waals surface area contributed by atoms with Crippen molar-refractivity contribution >= 4 is 33.6 Å². The van der Waals surface area contributed by atoms with Crippen LogP contribution < -0.4 is 11.1 Å². The lowest BCUT2D eigenvalue weighted by Crippen LogP contribution is -2.40. The summed E-state index contributed by atoms with van der Waals surface area (Å²) in [7, 11) is 0. The van der Waals surface area contributed by atoms with Crippen molar-refractivity contribution in [3.05, 3.63) is 35.9 Å². The molecule has 1 aromatic rings. The summed E-state index contributed by atoms with van der Waals surface area (Å²) in [6.07, 6.45) is 0. The Kier molecular flexibility index (Phi) is 4.61. The van der Waals surface area contributed by atoms with Crippen LogP contribution in [0.1, 0.15) is 19.4 Å². The number of halogens is 1. The molecule has 0 aromatic heterocycles. The van der Waals surface area contributed by atoms with E-state index >= 15 is 0 Å². The number of benzene rings is 1. The molecule has 0 atom stereocenters. The van der Waals surface area contributed by atoms with Crippen molar-refractivity contribution in [3.8, 4) is 0 Å². The second kappa shape index (κ2) is 5.77. The van der Waals surface area contributed by atoms with Gasteiger partial charge in [-0.15, -0.1) is 0 Å². The number of carbonyl (C=O) groups is 1. The molecule has 0 fully saturated rings. The normalized spacial score (nSPS) is 12.1. The lowest BCUT2D eigenvalue weighted by Gasteiger charge is -2.14. The molecular formula is C12H15BrN4O. The number of alkyl halides is 1. The number of guanidine groups is 1. The van der Waals surface area contributed by atoms with Gasteiger partial charge in [-0.1, -0.05) is 46.3 Å². The average Bonchev–Trinajstić information content (AvgIpc) is 2.28. The molecule has 0 saturated heterocycles. The van der Waals surface area contributed by atoms with Crippen molar-refractivity contribution in [1.82, 2.24) is 5.32 Å². The van der Waals surface area contributed by atoms with Crippen LogP contribution in [-0.2, 0) is 4.79 Å². The van der Waals surface area contributed by atoms with Crippen LogP contribution in [0.15, 0.2) is 35.3 Å². The highest BCUT2D eigenvalue weighted by molar-refractivity contribution is 9.10. The number of hydrogen-bond donors (Lipinski definition) is 3. The van der Waals surface area contributed by atoms with Crippen LogP contribution in [0.2, 0.25) is 0 Å². The zero-order chi connectivity index (χ0) is 13.8. The number of nitrogens with two attached hydrogens (primary N) is 1. The number of rotatable bonds is 2. The first kappa shape index (κ1) is 14.4. The van der Waals surface area contributed by atoms with Crippen LogP contribution in [0, 0.1) is 5.41 Å². The predicted molar refractivity (Wildman–Crippen MR) is 76.0 cm³/mol. The lowest BCUT2D eigenvalue weighted by molar-refractivity contribution is -0.121. The van der Waals surface area contributed by atoms with E-state index in [-0.39, 0.29) is 17.7 Å². The molecule has 0 aliphatic heterocycles. The van der Waals surface area contributed by atoms with Crippen LogP contribution in [0.5, 0.6) is 0 Å². The number of hydrogen-bond acceptors (Lipinski definition) is 2. The van der Waals surface area contributed by atoms with Crippen LogP contribution >= 0.6 is 15.9 Å². The third-order valence-electron chi connectivity index (χ3n) is 2.07. The quantitative estimate of drug-likeness (QED) is 0.440. The Hall–Kier alpha value is -1.69. The van der Waals surface area contributed by atoms with Gasteiger partial charge in [0.1, 0.15) is 5.84 Å². The summed E-state index contributed by atoms with van der Waals surface area (Å²) < 4.78 is -0.754. The maximum Gasteiger partial charge on any atom is 0.243 e. The molecule has 0 bridgehead atoms. The van der Waals surface area contributed by atoms with Gasteiger partial charge in [0, 0.05) is 5.56 Å². The van der Waals surface area contributed by atoms with Gasteiger partial charge in [-0.05, 0) is 13.8 Å². The molecule has 0 aliphatic rings. The van der Waals surface area contributed by atoms with E-state index in [0.717, 1.165) is 0 Å². The van der Waals surface area contributed by atoms with Gasteiger partial charge in [0.05, 0.1) is 4.32 Å². The summed E-state index contributed by atoms with van der Waals surface area (Å²) in [5.41, 5.74) is 6.43. The Morgan fingerprint density at radius 3 is 2.44 bits per heavy atom. The Bertz CT molecular complexity index is 477. The number of aliphatic imine (C=N–C) groups is 1. The fraction of sp³-hybridized carbons (Fsp3) is 0.250. The molecule has 5 nitrogen and oxygen atoms in total. The molecular weight excluding hydrogens is 296 g/mol. The first-order chi connectivity index (χ1) is 8.30. The summed E-state index contributed by atoms with van der Waals surface area (Å²) in [4.78, 5) is 15.4.